The van der Waals surface area contributed by atoms with Crippen molar-refractivity contribution in [1.29, 1.82) is 0 Å². The molecule has 4 nitrogen and oxygen atoms in total. The van der Waals surface area contributed by atoms with Crippen LogP contribution in [0.25, 0.3) is 33.1 Å². The van der Waals surface area contributed by atoms with Gasteiger partial charge in [0.2, 0.25) is 0 Å². The maximum absolute atomic E-state index is 4.92. The monoisotopic (exact) mass is 342 g/mol. The van der Waals surface area contributed by atoms with E-state index in [1.165, 1.54) is 29.2 Å². The SMILES string of the molecule is Cc1nc2c(-c3ccc4ccccc4c3)ccnc2n1[C@@H]1CCCNC1. The van der Waals surface area contributed by atoms with Crippen molar-refractivity contribution in [2.75, 3.05) is 13.1 Å². The van der Waals surface area contributed by atoms with E-state index in [2.05, 4.69) is 65.3 Å². The number of rotatable bonds is 2. The van der Waals surface area contributed by atoms with E-state index in [4.69, 9.17) is 9.97 Å². The van der Waals surface area contributed by atoms with Crippen molar-refractivity contribution < 1.29 is 0 Å². The fourth-order valence-electron chi connectivity index (χ4n) is 4.18. The number of nitrogens with one attached hydrogen (secondary N) is 1. The third-order valence-electron chi connectivity index (χ3n) is 5.45. The number of nitrogens with zero attached hydrogens (tertiary/aromatic N) is 3. The number of fused-ring (bicyclic) bond motifs is 2. The van der Waals surface area contributed by atoms with Gasteiger partial charge < -0.3 is 9.88 Å². The third-order valence-corrected chi connectivity index (χ3v) is 5.45. The van der Waals surface area contributed by atoms with E-state index in [1.807, 2.05) is 6.20 Å². The predicted octanol–water partition coefficient (Wildman–Crippen LogP) is 4.48. The maximum atomic E-state index is 4.92. The standard InChI is InChI=1S/C22H22N4/c1-15-25-21-20(18-9-8-16-5-2-3-6-17(16)13-18)10-12-24-22(21)26(15)19-7-4-11-23-14-19/h2-3,5-6,8-10,12-13,19,23H,4,7,11,14H2,1H3/t19-/m1/s1. The van der Waals surface area contributed by atoms with Crippen LogP contribution >= 0.6 is 0 Å². The first-order chi connectivity index (χ1) is 12.8. The van der Waals surface area contributed by atoms with E-state index in [0.717, 1.165) is 35.6 Å². The van der Waals surface area contributed by atoms with Crippen molar-refractivity contribution in [2.45, 2.75) is 25.8 Å². The van der Waals surface area contributed by atoms with E-state index in [1.54, 1.807) is 0 Å². The number of aryl methyl sites for hydroxylation is 1. The van der Waals surface area contributed by atoms with Gasteiger partial charge in [-0.1, -0.05) is 36.4 Å². The highest BCUT2D eigenvalue weighted by Crippen LogP contribution is 2.32. The first-order valence-electron chi connectivity index (χ1n) is 9.35. The summed E-state index contributed by atoms with van der Waals surface area (Å²) in [6.45, 7) is 4.20. The summed E-state index contributed by atoms with van der Waals surface area (Å²) in [4.78, 5) is 9.62. The van der Waals surface area contributed by atoms with Gasteiger partial charge in [-0.3, -0.25) is 0 Å². The zero-order valence-electron chi connectivity index (χ0n) is 14.9. The normalized spacial score (nSPS) is 17.8. The zero-order valence-corrected chi connectivity index (χ0v) is 14.9. The lowest BCUT2D eigenvalue weighted by Gasteiger charge is -2.25. The van der Waals surface area contributed by atoms with Crippen LogP contribution in [0.15, 0.2) is 54.7 Å². The first kappa shape index (κ1) is 15.5. The molecule has 2 aromatic carbocycles. The Morgan fingerprint density at radius 2 is 1.96 bits per heavy atom. The Kier molecular flexibility index (Phi) is 3.71. The van der Waals surface area contributed by atoms with Gasteiger partial charge in [0.25, 0.3) is 0 Å². The van der Waals surface area contributed by atoms with E-state index >= 15 is 0 Å². The lowest BCUT2D eigenvalue weighted by Crippen LogP contribution is -2.32. The summed E-state index contributed by atoms with van der Waals surface area (Å²) in [6.07, 6.45) is 4.30. The summed E-state index contributed by atoms with van der Waals surface area (Å²) in [5.74, 6) is 1.05. The summed E-state index contributed by atoms with van der Waals surface area (Å²) in [5.41, 5.74) is 4.36. The highest BCUT2D eigenvalue weighted by Gasteiger charge is 2.21. The van der Waals surface area contributed by atoms with Crippen molar-refractivity contribution in [3.05, 3.63) is 60.6 Å². The molecule has 4 aromatic rings. The molecule has 5 rings (SSSR count). The molecular formula is C22H22N4. The van der Waals surface area contributed by atoms with Crippen molar-refractivity contribution in [1.82, 2.24) is 19.9 Å². The average molecular weight is 342 g/mol. The average Bonchev–Trinajstić information content (AvgIpc) is 3.04. The Morgan fingerprint density at radius 3 is 2.81 bits per heavy atom. The molecule has 1 atom stereocenters. The number of aromatic nitrogens is 3. The minimum absolute atomic E-state index is 0.438. The van der Waals surface area contributed by atoms with Crippen molar-refractivity contribution >= 4 is 21.9 Å². The molecule has 1 aliphatic heterocycles. The van der Waals surface area contributed by atoms with Crippen LogP contribution in [0.5, 0.6) is 0 Å². The number of imidazole rings is 1. The van der Waals surface area contributed by atoms with Crippen LogP contribution in [0.1, 0.15) is 24.7 Å². The number of hydrogen-bond acceptors (Lipinski definition) is 3. The molecular weight excluding hydrogens is 320 g/mol. The van der Waals surface area contributed by atoms with Crippen molar-refractivity contribution in [3.63, 3.8) is 0 Å². The Balaban J connectivity index is 1.68. The lowest BCUT2D eigenvalue weighted by atomic mass is 10.0. The van der Waals surface area contributed by atoms with Gasteiger partial charge in [-0.05, 0) is 54.8 Å². The molecule has 0 radical (unpaired) electrons. The largest absolute Gasteiger partial charge is 0.315 e. The molecule has 1 fully saturated rings. The smallest absolute Gasteiger partial charge is 0.160 e. The Bertz CT molecular complexity index is 1090. The Labute approximate surface area is 152 Å². The van der Waals surface area contributed by atoms with Crippen LogP contribution in [-0.4, -0.2) is 27.6 Å². The van der Waals surface area contributed by atoms with Gasteiger partial charge in [0, 0.05) is 24.3 Å². The van der Waals surface area contributed by atoms with Crippen LogP contribution in [0.4, 0.5) is 0 Å². The van der Waals surface area contributed by atoms with Crippen LogP contribution in [0.3, 0.4) is 0 Å². The van der Waals surface area contributed by atoms with Crippen LogP contribution in [0.2, 0.25) is 0 Å². The summed E-state index contributed by atoms with van der Waals surface area (Å²) in [5, 5.41) is 6.02. The molecule has 0 unspecified atom stereocenters. The van der Waals surface area contributed by atoms with Gasteiger partial charge in [0.1, 0.15) is 11.3 Å². The van der Waals surface area contributed by atoms with Crippen LogP contribution < -0.4 is 5.32 Å². The van der Waals surface area contributed by atoms with Gasteiger partial charge in [-0.2, -0.15) is 0 Å². The summed E-state index contributed by atoms with van der Waals surface area (Å²) >= 11 is 0. The molecule has 2 aromatic heterocycles. The second kappa shape index (κ2) is 6.22. The van der Waals surface area contributed by atoms with Gasteiger partial charge in [0.15, 0.2) is 5.65 Å². The second-order valence-corrected chi connectivity index (χ2v) is 7.12. The Hall–Kier alpha value is -2.72. The van der Waals surface area contributed by atoms with Crippen molar-refractivity contribution in [2.24, 2.45) is 0 Å². The topological polar surface area (TPSA) is 42.7 Å². The number of hydrogen-bond donors (Lipinski definition) is 1. The van der Waals surface area contributed by atoms with E-state index in [-0.39, 0.29) is 0 Å². The lowest BCUT2D eigenvalue weighted by molar-refractivity contribution is 0.372. The molecule has 0 saturated carbocycles. The zero-order chi connectivity index (χ0) is 17.5. The van der Waals surface area contributed by atoms with Gasteiger partial charge >= 0.3 is 0 Å². The predicted molar refractivity (Wildman–Crippen MR) is 106 cm³/mol. The van der Waals surface area contributed by atoms with Crippen molar-refractivity contribution in [3.8, 4) is 11.1 Å². The maximum Gasteiger partial charge on any atom is 0.160 e. The molecule has 0 amide bonds. The molecule has 4 heteroatoms. The molecule has 26 heavy (non-hydrogen) atoms. The molecule has 1 saturated heterocycles. The van der Waals surface area contributed by atoms with Crippen LogP contribution in [0, 0.1) is 6.92 Å². The third kappa shape index (κ3) is 2.49. The van der Waals surface area contributed by atoms with Gasteiger partial charge in [-0.25, -0.2) is 9.97 Å². The molecule has 0 bridgehead atoms. The fourth-order valence-corrected chi connectivity index (χ4v) is 4.18. The summed E-state index contributed by atoms with van der Waals surface area (Å²) in [7, 11) is 0. The number of benzene rings is 2. The quantitative estimate of drug-likeness (QED) is 0.584. The minimum Gasteiger partial charge on any atom is -0.315 e. The minimum atomic E-state index is 0.438. The van der Waals surface area contributed by atoms with Gasteiger partial charge in [-0.15, -0.1) is 0 Å². The fraction of sp³-hybridized carbons (Fsp3) is 0.273. The van der Waals surface area contributed by atoms with Gasteiger partial charge in [0.05, 0.1) is 0 Å². The van der Waals surface area contributed by atoms with E-state index in [0.29, 0.717) is 6.04 Å². The van der Waals surface area contributed by atoms with E-state index in [9.17, 15) is 0 Å². The molecule has 130 valence electrons. The van der Waals surface area contributed by atoms with Crippen LogP contribution in [-0.2, 0) is 0 Å². The molecule has 1 N–H and O–H groups in total. The highest BCUT2D eigenvalue weighted by molar-refractivity contribution is 5.94. The highest BCUT2D eigenvalue weighted by atomic mass is 15.2. The first-order valence-corrected chi connectivity index (χ1v) is 9.35. The Morgan fingerprint density at radius 1 is 1.08 bits per heavy atom. The number of piperidine rings is 1. The molecule has 3 heterocycles. The summed E-state index contributed by atoms with van der Waals surface area (Å²) < 4.78 is 2.33. The number of pyridine rings is 1. The molecule has 0 aliphatic carbocycles. The second-order valence-electron chi connectivity index (χ2n) is 7.12. The molecule has 1 aliphatic rings. The molecule has 0 spiro atoms. The summed E-state index contributed by atoms with van der Waals surface area (Å²) in [6, 6.07) is 17.6. The van der Waals surface area contributed by atoms with E-state index < -0.39 is 0 Å².